The van der Waals surface area contributed by atoms with Gasteiger partial charge in [0, 0.05) is 0 Å². The number of rotatable bonds is 8. The van der Waals surface area contributed by atoms with Crippen LogP contribution in [0.25, 0.3) is 0 Å². The number of aryl methyl sites for hydroxylation is 1. The Morgan fingerprint density at radius 1 is 0.963 bits per heavy atom. The van der Waals surface area contributed by atoms with Crippen LogP contribution >= 0.6 is 0 Å². The molecule has 2 aromatic carbocycles. The number of benzene rings is 2. The maximum Gasteiger partial charge on any atom is 0.234 e. The lowest BCUT2D eigenvalue weighted by atomic mass is 10.0. The van der Waals surface area contributed by atoms with Gasteiger partial charge in [0.2, 0.25) is 5.91 Å². The van der Waals surface area contributed by atoms with E-state index in [4.69, 9.17) is 4.42 Å². The molecule has 0 fully saturated rings. The zero-order valence-corrected chi connectivity index (χ0v) is 15.8. The highest BCUT2D eigenvalue weighted by atomic mass is 16.3. The van der Waals surface area contributed by atoms with E-state index in [2.05, 4.69) is 41.8 Å². The van der Waals surface area contributed by atoms with Crippen molar-refractivity contribution in [1.29, 1.82) is 0 Å². The van der Waals surface area contributed by atoms with Crippen LogP contribution in [-0.4, -0.2) is 12.5 Å². The minimum atomic E-state index is -0.161. The Kier molecular flexibility index (Phi) is 6.44. The lowest BCUT2D eigenvalue weighted by molar-refractivity contribution is -0.121. The molecular weight excluding hydrogens is 336 g/mol. The highest BCUT2D eigenvalue weighted by molar-refractivity contribution is 5.78. The molecule has 0 saturated carbocycles. The van der Waals surface area contributed by atoms with E-state index in [1.807, 2.05) is 49.4 Å². The maximum absolute atomic E-state index is 12.5. The van der Waals surface area contributed by atoms with Crippen molar-refractivity contribution in [2.75, 3.05) is 6.54 Å². The van der Waals surface area contributed by atoms with E-state index < -0.39 is 0 Å². The van der Waals surface area contributed by atoms with Crippen LogP contribution in [0.3, 0.4) is 0 Å². The minimum absolute atomic E-state index is 0.0380. The number of nitrogens with one attached hydrogen (secondary N) is 2. The molecule has 3 rings (SSSR count). The van der Waals surface area contributed by atoms with Gasteiger partial charge in [-0.1, -0.05) is 61.5 Å². The molecule has 0 spiro atoms. The Hall–Kier alpha value is -2.85. The number of furan rings is 1. The highest BCUT2D eigenvalue weighted by Crippen LogP contribution is 2.22. The number of carbonyl (C=O) groups is 1. The van der Waals surface area contributed by atoms with E-state index >= 15 is 0 Å². The Morgan fingerprint density at radius 3 is 2.33 bits per heavy atom. The maximum atomic E-state index is 12.5. The molecule has 0 radical (unpaired) electrons. The monoisotopic (exact) mass is 362 g/mol. The van der Waals surface area contributed by atoms with Crippen molar-refractivity contribution in [2.24, 2.45) is 0 Å². The van der Waals surface area contributed by atoms with Crippen LogP contribution < -0.4 is 10.6 Å². The molecule has 1 aromatic heterocycles. The van der Waals surface area contributed by atoms with Gasteiger partial charge in [-0.25, -0.2) is 0 Å². The van der Waals surface area contributed by atoms with Gasteiger partial charge in [-0.05, 0) is 42.2 Å². The fourth-order valence-electron chi connectivity index (χ4n) is 3.10. The Balaban J connectivity index is 1.60. The standard InChI is InChI=1S/C23H26N2O2/c1-3-18-11-13-19(14-12-18)17(2)25-22(26)16-24-23(21-10-7-15-27-21)20-8-5-4-6-9-20/h4-15,17,23-24H,3,16H2,1-2H3,(H,25,26)/t17-,23-/m1/s1. The largest absolute Gasteiger partial charge is 0.467 e. The average Bonchev–Trinajstić information content (AvgIpc) is 3.23. The van der Waals surface area contributed by atoms with Crippen LogP contribution in [0.1, 0.15) is 48.4 Å². The van der Waals surface area contributed by atoms with Crippen molar-refractivity contribution in [3.05, 3.63) is 95.4 Å². The SMILES string of the molecule is CCc1ccc([C@@H](C)NC(=O)CN[C@H](c2ccccc2)c2ccco2)cc1. The summed E-state index contributed by atoms with van der Waals surface area (Å²) in [5.41, 5.74) is 3.46. The summed E-state index contributed by atoms with van der Waals surface area (Å²) in [6.45, 7) is 4.34. The molecule has 0 aliphatic rings. The first-order valence-corrected chi connectivity index (χ1v) is 9.37. The van der Waals surface area contributed by atoms with E-state index in [0.717, 1.165) is 23.3 Å². The Bertz CT molecular complexity index is 827. The molecule has 27 heavy (non-hydrogen) atoms. The van der Waals surface area contributed by atoms with Gasteiger partial charge in [-0.2, -0.15) is 0 Å². The van der Waals surface area contributed by atoms with Gasteiger partial charge >= 0.3 is 0 Å². The number of amides is 1. The zero-order chi connectivity index (χ0) is 19.1. The smallest absolute Gasteiger partial charge is 0.234 e. The molecule has 4 heteroatoms. The third-order valence-electron chi connectivity index (χ3n) is 4.69. The third kappa shape index (κ3) is 5.08. The topological polar surface area (TPSA) is 54.3 Å². The first-order chi connectivity index (χ1) is 13.2. The summed E-state index contributed by atoms with van der Waals surface area (Å²) >= 11 is 0. The fourth-order valence-corrected chi connectivity index (χ4v) is 3.10. The molecule has 2 N–H and O–H groups in total. The van der Waals surface area contributed by atoms with Gasteiger partial charge in [0.15, 0.2) is 0 Å². The van der Waals surface area contributed by atoms with Crippen molar-refractivity contribution in [3.63, 3.8) is 0 Å². The Labute approximate surface area is 160 Å². The van der Waals surface area contributed by atoms with Crippen LogP contribution in [0.4, 0.5) is 0 Å². The van der Waals surface area contributed by atoms with Crippen molar-refractivity contribution in [2.45, 2.75) is 32.4 Å². The second-order valence-electron chi connectivity index (χ2n) is 6.62. The van der Waals surface area contributed by atoms with Gasteiger partial charge in [0.25, 0.3) is 0 Å². The third-order valence-corrected chi connectivity index (χ3v) is 4.69. The van der Waals surface area contributed by atoms with Gasteiger partial charge < -0.3 is 9.73 Å². The zero-order valence-electron chi connectivity index (χ0n) is 15.8. The number of hydrogen-bond acceptors (Lipinski definition) is 3. The Morgan fingerprint density at radius 2 is 1.70 bits per heavy atom. The second kappa shape index (κ2) is 9.19. The van der Waals surface area contributed by atoms with Crippen molar-refractivity contribution in [3.8, 4) is 0 Å². The predicted molar refractivity (Wildman–Crippen MR) is 107 cm³/mol. The van der Waals surface area contributed by atoms with Gasteiger partial charge in [-0.3, -0.25) is 10.1 Å². The lowest BCUT2D eigenvalue weighted by Gasteiger charge is -2.19. The van der Waals surface area contributed by atoms with E-state index in [-0.39, 0.29) is 24.5 Å². The molecular formula is C23H26N2O2. The summed E-state index contributed by atoms with van der Waals surface area (Å²) in [4.78, 5) is 12.5. The molecule has 1 amide bonds. The predicted octanol–water partition coefficient (Wildman–Crippen LogP) is 4.40. The molecule has 2 atom stereocenters. The summed E-state index contributed by atoms with van der Waals surface area (Å²) in [7, 11) is 0. The minimum Gasteiger partial charge on any atom is -0.467 e. The average molecular weight is 362 g/mol. The summed E-state index contributed by atoms with van der Waals surface area (Å²) in [6.07, 6.45) is 2.66. The fraction of sp³-hybridized carbons (Fsp3) is 0.261. The van der Waals surface area contributed by atoms with Crippen LogP contribution in [0, 0.1) is 0 Å². The highest BCUT2D eigenvalue weighted by Gasteiger charge is 2.18. The van der Waals surface area contributed by atoms with Crippen molar-refractivity contribution < 1.29 is 9.21 Å². The van der Waals surface area contributed by atoms with Crippen LogP contribution in [0.2, 0.25) is 0 Å². The quantitative estimate of drug-likeness (QED) is 0.624. The molecule has 4 nitrogen and oxygen atoms in total. The number of hydrogen-bond donors (Lipinski definition) is 2. The summed E-state index contributed by atoms with van der Waals surface area (Å²) < 4.78 is 5.56. The number of carbonyl (C=O) groups excluding carboxylic acids is 1. The van der Waals surface area contributed by atoms with Crippen LogP contribution in [0.15, 0.2) is 77.4 Å². The normalized spacial score (nSPS) is 13.1. The molecule has 0 bridgehead atoms. The summed E-state index contributed by atoms with van der Waals surface area (Å²) in [6, 6.07) is 21.9. The van der Waals surface area contributed by atoms with E-state index in [1.54, 1.807) is 6.26 Å². The first-order valence-electron chi connectivity index (χ1n) is 9.37. The van der Waals surface area contributed by atoms with Crippen LogP contribution in [-0.2, 0) is 11.2 Å². The summed E-state index contributed by atoms with van der Waals surface area (Å²) in [5, 5.41) is 6.36. The molecule has 0 aliphatic carbocycles. The van der Waals surface area contributed by atoms with Gasteiger partial charge in [0.05, 0.1) is 24.9 Å². The van der Waals surface area contributed by atoms with Gasteiger partial charge in [-0.15, -0.1) is 0 Å². The molecule has 0 unspecified atom stereocenters. The van der Waals surface area contributed by atoms with E-state index in [0.29, 0.717) is 0 Å². The van der Waals surface area contributed by atoms with E-state index in [9.17, 15) is 4.79 Å². The van der Waals surface area contributed by atoms with Crippen molar-refractivity contribution >= 4 is 5.91 Å². The molecule has 0 saturated heterocycles. The molecule has 140 valence electrons. The molecule has 1 heterocycles. The molecule has 0 aliphatic heterocycles. The van der Waals surface area contributed by atoms with Crippen molar-refractivity contribution in [1.82, 2.24) is 10.6 Å². The van der Waals surface area contributed by atoms with Gasteiger partial charge in [0.1, 0.15) is 5.76 Å². The first kappa shape index (κ1) is 18.9. The second-order valence-corrected chi connectivity index (χ2v) is 6.62. The van der Waals surface area contributed by atoms with E-state index in [1.165, 1.54) is 5.56 Å². The summed E-state index contributed by atoms with van der Waals surface area (Å²) in [5.74, 6) is 0.742. The lowest BCUT2D eigenvalue weighted by Crippen LogP contribution is -2.37. The molecule has 3 aromatic rings. The van der Waals surface area contributed by atoms with Crippen LogP contribution in [0.5, 0.6) is 0 Å².